The molecule has 0 aliphatic heterocycles. The predicted octanol–water partition coefficient (Wildman–Crippen LogP) is 4.46. The molecule has 2 nitrogen and oxygen atoms in total. The van der Waals surface area contributed by atoms with Crippen LogP contribution in [0.5, 0.6) is 0 Å². The van der Waals surface area contributed by atoms with E-state index in [2.05, 4.69) is 25.1 Å². The van der Waals surface area contributed by atoms with Gasteiger partial charge in [0, 0.05) is 0 Å². The van der Waals surface area contributed by atoms with Crippen LogP contribution in [0.1, 0.15) is 44.6 Å². The summed E-state index contributed by atoms with van der Waals surface area (Å²) in [7, 11) is 0. The topological polar surface area (TPSA) is 37.3 Å². The lowest BCUT2D eigenvalue weighted by atomic mass is 9.98. The van der Waals surface area contributed by atoms with Crippen LogP contribution in [0.15, 0.2) is 42.5 Å². The van der Waals surface area contributed by atoms with Gasteiger partial charge in [-0.3, -0.25) is 4.79 Å². The fraction of sp³-hybridized carbons (Fsp3) is 0.471. The van der Waals surface area contributed by atoms with Crippen LogP contribution in [0.4, 0.5) is 0 Å². The SMILES string of the molecule is CCCCC(C/C=C/CCc1ccccc1)C(=O)O. The number of hydrogen-bond donors (Lipinski definition) is 1. The Kier molecular flexibility index (Phi) is 7.64. The predicted molar refractivity (Wildman–Crippen MR) is 79.2 cm³/mol. The highest BCUT2D eigenvalue weighted by atomic mass is 16.4. The van der Waals surface area contributed by atoms with Gasteiger partial charge in [0.15, 0.2) is 0 Å². The van der Waals surface area contributed by atoms with E-state index in [0.717, 1.165) is 32.1 Å². The Morgan fingerprint density at radius 2 is 2.00 bits per heavy atom. The van der Waals surface area contributed by atoms with E-state index in [-0.39, 0.29) is 5.92 Å². The van der Waals surface area contributed by atoms with Gasteiger partial charge in [0.25, 0.3) is 0 Å². The average Bonchev–Trinajstić information content (AvgIpc) is 2.42. The van der Waals surface area contributed by atoms with Crippen LogP contribution in [-0.2, 0) is 11.2 Å². The Bertz CT molecular complexity index is 382. The van der Waals surface area contributed by atoms with Gasteiger partial charge < -0.3 is 5.11 Å². The maximum atomic E-state index is 11.1. The fourth-order valence-electron chi connectivity index (χ4n) is 2.07. The minimum Gasteiger partial charge on any atom is -0.481 e. The normalized spacial score (nSPS) is 12.7. The Morgan fingerprint density at radius 1 is 1.26 bits per heavy atom. The van der Waals surface area contributed by atoms with Gasteiger partial charge in [-0.05, 0) is 31.2 Å². The highest BCUT2D eigenvalue weighted by Gasteiger charge is 2.14. The Morgan fingerprint density at radius 3 is 2.63 bits per heavy atom. The molecule has 0 saturated heterocycles. The van der Waals surface area contributed by atoms with Crippen molar-refractivity contribution >= 4 is 5.97 Å². The molecule has 1 N–H and O–H groups in total. The van der Waals surface area contributed by atoms with Crippen LogP contribution in [-0.4, -0.2) is 11.1 Å². The third-order valence-electron chi connectivity index (χ3n) is 3.29. The second-order valence-electron chi connectivity index (χ2n) is 4.91. The minimum atomic E-state index is -0.666. The first-order valence-corrected chi connectivity index (χ1v) is 7.15. The van der Waals surface area contributed by atoms with Gasteiger partial charge in [0.05, 0.1) is 5.92 Å². The summed E-state index contributed by atoms with van der Waals surface area (Å²) in [5, 5.41) is 9.10. The second-order valence-corrected chi connectivity index (χ2v) is 4.91. The third kappa shape index (κ3) is 6.80. The highest BCUT2D eigenvalue weighted by Crippen LogP contribution is 2.14. The molecule has 0 amide bonds. The molecule has 0 heterocycles. The molecule has 1 atom stereocenters. The molecule has 0 aliphatic carbocycles. The van der Waals surface area contributed by atoms with E-state index in [9.17, 15) is 4.79 Å². The maximum absolute atomic E-state index is 11.1. The molecule has 1 unspecified atom stereocenters. The molecule has 1 aromatic rings. The average molecular weight is 260 g/mol. The van der Waals surface area contributed by atoms with Gasteiger partial charge in [-0.2, -0.15) is 0 Å². The summed E-state index contributed by atoms with van der Waals surface area (Å²) < 4.78 is 0. The molecular formula is C17H24O2. The second kappa shape index (κ2) is 9.37. The molecule has 0 aromatic heterocycles. The van der Waals surface area contributed by atoms with Crippen LogP contribution in [0.3, 0.4) is 0 Å². The molecule has 2 heteroatoms. The van der Waals surface area contributed by atoms with Crippen molar-refractivity contribution in [2.75, 3.05) is 0 Å². The molecule has 0 bridgehead atoms. The summed E-state index contributed by atoms with van der Waals surface area (Å²) >= 11 is 0. The monoisotopic (exact) mass is 260 g/mol. The number of aliphatic carboxylic acids is 1. The molecule has 0 spiro atoms. The standard InChI is InChI=1S/C17H24O2/c1-2-3-13-16(17(18)19)14-9-5-8-12-15-10-6-4-7-11-15/h4-7,9-11,16H,2-3,8,12-14H2,1H3,(H,18,19)/b9-5+. The van der Waals surface area contributed by atoms with Crippen LogP contribution >= 0.6 is 0 Å². The number of benzene rings is 1. The van der Waals surface area contributed by atoms with Gasteiger partial charge in [-0.15, -0.1) is 0 Å². The molecule has 104 valence electrons. The van der Waals surface area contributed by atoms with E-state index in [4.69, 9.17) is 5.11 Å². The molecular weight excluding hydrogens is 236 g/mol. The van der Waals surface area contributed by atoms with Crippen molar-refractivity contribution in [1.29, 1.82) is 0 Å². The Labute approximate surface area is 116 Å². The van der Waals surface area contributed by atoms with Crippen molar-refractivity contribution in [1.82, 2.24) is 0 Å². The van der Waals surface area contributed by atoms with Crippen molar-refractivity contribution in [3.05, 3.63) is 48.0 Å². The van der Waals surface area contributed by atoms with Gasteiger partial charge in [0.2, 0.25) is 0 Å². The summed E-state index contributed by atoms with van der Waals surface area (Å²) in [6, 6.07) is 10.4. The van der Waals surface area contributed by atoms with E-state index in [1.165, 1.54) is 5.56 Å². The van der Waals surface area contributed by atoms with Crippen molar-refractivity contribution < 1.29 is 9.90 Å². The molecule has 0 radical (unpaired) electrons. The number of carboxylic acid groups (broad SMARTS) is 1. The van der Waals surface area contributed by atoms with Crippen molar-refractivity contribution in [2.24, 2.45) is 5.92 Å². The molecule has 0 fully saturated rings. The smallest absolute Gasteiger partial charge is 0.306 e. The van der Waals surface area contributed by atoms with Crippen LogP contribution in [0.2, 0.25) is 0 Å². The number of allylic oxidation sites excluding steroid dienone is 2. The van der Waals surface area contributed by atoms with Crippen molar-refractivity contribution in [3.8, 4) is 0 Å². The minimum absolute atomic E-state index is 0.215. The lowest BCUT2D eigenvalue weighted by Crippen LogP contribution is -2.12. The largest absolute Gasteiger partial charge is 0.481 e. The Balaban J connectivity index is 2.26. The first kappa shape index (κ1) is 15.5. The molecule has 0 aliphatic rings. The summed E-state index contributed by atoms with van der Waals surface area (Å²) in [5.74, 6) is -0.880. The zero-order chi connectivity index (χ0) is 13.9. The molecule has 1 aromatic carbocycles. The maximum Gasteiger partial charge on any atom is 0.306 e. The Hall–Kier alpha value is -1.57. The first-order valence-electron chi connectivity index (χ1n) is 7.15. The number of rotatable bonds is 9. The van der Waals surface area contributed by atoms with Gasteiger partial charge in [-0.25, -0.2) is 0 Å². The van der Waals surface area contributed by atoms with E-state index in [1.807, 2.05) is 24.3 Å². The fourth-order valence-corrected chi connectivity index (χ4v) is 2.07. The van der Waals surface area contributed by atoms with Crippen molar-refractivity contribution in [3.63, 3.8) is 0 Å². The zero-order valence-corrected chi connectivity index (χ0v) is 11.7. The van der Waals surface area contributed by atoms with Crippen molar-refractivity contribution in [2.45, 2.75) is 45.4 Å². The molecule has 0 saturated carbocycles. The quantitative estimate of drug-likeness (QED) is 0.666. The van der Waals surface area contributed by atoms with E-state index in [0.29, 0.717) is 6.42 Å². The van der Waals surface area contributed by atoms with Gasteiger partial charge in [-0.1, -0.05) is 62.2 Å². The molecule has 1 rings (SSSR count). The lowest BCUT2D eigenvalue weighted by molar-refractivity contribution is -0.141. The lowest BCUT2D eigenvalue weighted by Gasteiger charge is -2.08. The number of aryl methyl sites for hydroxylation is 1. The number of carboxylic acids is 1. The zero-order valence-electron chi connectivity index (χ0n) is 11.7. The van der Waals surface area contributed by atoms with E-state index in [1.54, 1.807) is 0 Å². The highest BCUT2D eigenvalue weighted by molar-refractivity contribution is 5.70. The van der Waals surface area contributed by atoms with Crippen LogP contribution in [0.25, 0.3) is 0 Å². The molecule has 19 heavy (non-hydrogen) atoms. The van der Waals surface area contributed by atoms with E-state index < -0.39 is 5.97 Å². The van der Waals surface area contributed by atoms with Crippen LogP contribution in [0, 0.1) is 5.92 Å². The summed E-state index contributed by atoms with van der Waals surface area (Å²) in [4.78, 5) is 11.1. The summed E-state index contributed by atoms with van der Waals surface area (Å²) in [6.45, 7) is 2.09. The summed E-state index contributed by atoms with van der Waals surface area (Å²) in [5.41, 5.74) is 1.33. The van der Waals surface area contributed by atoms with Gasteiger partial charge >= 0.3 is 5.97 Å². The van der Waals surface area contributed by atoms with Crippen LogP contribution < -0.4 is 0 Å². The number of carbonyl (C=O) groups is 1. The van der Waals surface area contributed by atoms with E-state index >= 15 is 0 Å². The number of hydrogen-bond acceptors (Lipinski definition) is 1. The third-order valence-corrected chi connectivity index (χ3v) is 3.29. The van der Waals surface area contributed by atoms with Gasteiger partial charge in [0.1, 0.15) is 0 Å². The number of unbranched alkanes of at least 4 members (excludes halogenated alkanes) is 1. The summed E-state index contributed by atoms with van der Waals surface area (Å²) in [6.07, 6.45) is 9.62. The first-order chi connectivity index (χ1) is 9.24.